The molecule has 3 heteroatoms. The summed E-state index contributed by atoms with van der Waals surface area (Å²) in [5, 5.41) is 0. The van der Waals surface area contributed by atoms with Crippen molar-refractivity contribution in [2.45, 2.75) is 62.9 Å². The van der Waals surface area contributed by atoms with Crippen LogP contribution in [0.2, 0.25) is 0 Å². The third-order valence-corrected chi connectivity index (χ3v) is 3.69. The zero-order chi connectivity index (χ0) is 13.5. The van der Waals surface area contributed by atoms with Crippen LogP contribution in [0.15, 0.2) is 25.3 Å². The Hall–Kier alpha value is -0.640. The van der Waals surface area contributed by atoms with Crippen LogP contribution in [-0.4, -0.2) is 37.6 Å². The molecule has 0 spiro atoms. The Morgan fingerprint density at radius 1 is 0.947 bits per heavy atom. The van der Waals surface area contributed by atoms with Crippen LogP contribution in [0.4, 0.5) is 0 Å². The Kier molecular flexibility index (Phi) is 6.08. The first-order valence-electron chi connectivity index (χ1n) is 7.45. The maximum absolute atomic E-state index is 6.27. The first-order valence-corrected chi connectivity index (χ1v) is 7.45. The van der Waals surface area contributed by atoms with Gasteiger partial charge in [0, 0.05) is 0 Å². The summed E-state index contributed by atoms with van der Waals surface area (Å²) in [6.07, 6.45) is 11.5. The van der Waals surface area contributed by atoms with E-state index in [2.05, 4.69) is 13.2 Å². The Labute approximate surface area is 116 Å². The van der Waals surface area contributed by atoms with Crippen molar-refractivity contribution in [2.75, 3.05) is 13.2 Å². The van der Waals surface area contributed by atoms with Crippen molar-refractivity contribution in [3.05, 3.63) is 25.3 Å². The van der Waals surface area contributed by atoms with Crippen LogP contribution in [0.3, 0.4) is 0 Å². The van der Waals surface area contributed by atoms with Gasteiger partial charge in [0.05, 0.1) is 25.4 Å². The Bertz CT molecular complexity index is 254. The van der Waals surface area contributed by atoms with Crippen LogP contribution in [0, 0.1) is 0 Å². The summed E-state index contributed by atoms with van der Waals surface area (Å²) in [6.45, 7) is 9.23. The maximum Gasteiger partial charge on any atom is 0.107 e. The van der Waals surface area contributed by atoms with Gasteiger partial charge in [-0.25, -0.2) is 0 Å². The lowest BCUT2D eigenvalue weighted by Gasteiger charge is -2.22. The molecule has 2 fully saturated rings. The molecule has 0 aromatic carbocycles. The molecule has 0 aliphatic carbocycles. The molecule has 0 aromatic rings. The smallest absolute Gasteiger partial charge is 0.107 e. The van der Waals surface area contributed by atoms with Gasteiger partial charge in [0.25, 0.3) is 0 Å². The van der Waals surface area contributed by atoms with Gasteiger partial charge in [-0.15, -0.1) is 13.2 Å². The second-order valence-electron chi connectivity index (χ2n) is 5.40. The van der Waals surface area contributed by atoms with Crippen LogP contribution in [0.25, 0.3) is 0 Å². The number of allylic oxidation sites excluding steroid dienone is 2. The van der Waals surface area contributed by atoms with Crippen molar-refractivity contribution in [3.63, 3.8) is 0 Å². The van der Waals surface area contributed by atoms with E-state index in [4.69, 9.17) is 14.2 Å². The van der Waals surface area contributed by atoms with Crippen LogP contribution in [0.5, 0.6) is 0 Å². The monoisotopic (exact) mass is 266 g/mol. The second kappa shape index (κ2) is 7.83. The summed E-state index contributed by atoms with van der Waals surface area (Å²) in [4.78, 5) is 0. The molecular weight excluding hydrogens is 240 g/mol. The molecule has 2 saturated heterocycles. The van der Waals surface area contributed by atoms with E-state index in [0.29, 0.717) is 12.2 Å². The van der Waals surface area contributed by atoms with Crippen molar-refractivity contribution in [1.82, 2.24) is 0 Å². The Morgan fingerprint density at radius 2 is 1.37 bits per heavy atom. The normalized spacial score (nSPS) is 27.6. The van der Waals surface area contributed by atoms with Gasteiger partial charge < -0.3 is 14.2 Å². The molecule has 2 rings (SSSR count). The first-order chi connectivity index (χ1) is 9.35. The van der Waals surface area contributed by atoms with E-state index in [0.717, 1.165) is 51.7 Å². The number of epoxide rings is 2. The van der Waals surface area contributed by atoms with Gasteiger partial charge in [0.1, 0.15) is 12.2 Å². The molecule has 2 aliphatic heterocycles. The molecule has 108 valence electrons. The Morgan fingerprint density at radius 3 is 1.68 bits per heavy atom. The first kappa shape index (κ1) is 14.8. The lowest BCUT2D eigenvalue weighted by Crippen LogP contribution is -2.30. The van der Waals surface area contributed by atoms with Gasteiger partial charge >= 0.3 is 0 Å². The van der Waals surface area contributed by atoms with Crippen molar-refractivity contribution in [1.29, 1.82) is 0 Å². The summed E-state index contributed by atoms with van der Waals surface area (Å²) in [5.41, 5.74) is 0. The van der Waals surface area contributed by atoms with Crippen molar-refractivity contribution in [2.24, 2.45) is 0 Å². The molecule has 0 radical (unpaired) electrons. The summed E-state index contributed by atoms with van der Waals surface area (Å²) >= 11 is 0. The van der Waals surface area contributed by atoms with Gasteiger partial charge in [-0.3, -0.25) is 0 Å². The predicted octanol–water partition coefficient (Wildman–Crippen LogP) is 3.25. The van der Waals surface area contributed by atoms with Gasteiger partial charge in [-0.2, -0.15) is 0 Å². The number of hydrogen-bond acceptors (Lipinski definition) is 3. The average molecular weight is 266 g/mol. The fourth-order valence-corrected chi connectivity index (χ4v) is 2.37. The zero-order valence-corrected chi connectivity index (χ0v) is 11.8. The fraction of sp³-hybridized carbons (Fsp3) is 0.750. The average Bonchev–Trinajstić information content (AvgIpc) is 3.29. The Balaban J connectivity index is 1.75. The molecule has 0 aromatic heterocycles. The lowest BCUT2D eigenvalue weighted by atomic mass is 10.1. The summed E-state index contributed by atoms with van der Waals surface area (Å²) < 4.78 is 17.1. The van der Waals surface area contributed by atoms with Crippen LogP contribution < -0.4 is 0 Å². The molecule has 2 heterocycles. The predicted molar refractivity (Wildman–Crippen MR) is 76.2 cm³/mol. The molecule has 0 bridgehead atoms. The van der Waals surface area contributed by atoms with E-state index < -0.39 is 0 Å². The molecule has 4 atom stereocenters. The van der Waals surface area contributed by atoms with Crippen molar-refractivity contribution >= 4 is 0 Å². The van der Waals surface area contributed by atoms with Gasteiger partial charge in [0.15, 0.2) is 0 Å². The van der Waals surface area contributed by atoms with E-state index in [1.54, 1.807) is 0 Å². The van der Waals surface area contributed by atoms with E-state index in [9.17, 15) is 0 Å². The maximum atomic E-state index is 6.27. The molecule has 0 saturated carbocycles. The highest BCUT2D eigenvalue weighted by Crippen LogP contribution is 2.29. The minimum absolute atomic E-state index is 0.234. The van der Waals surface area contributed by atoms with Gasteiger partial charge in [-0.05, 0) is 38.5 Å². The van der Waals surface area contributed by atoms with Crippen molar-refractivity contribution in [3.8, 4) is 0 Å². The molecule has 0 amide bonds. The van der Waals surface area contributed by atoms with E-state index in [1.165, 1.54) is 0 Å². The van der Waals surface area contributed by atoms with Crippen molar-refractivity contribution < 1.29 is 14.2 Å². The number of hydrogen-bond donors (Lipinski definition) is 0. The van der Waals surface area contributed by atoms with Crippen LogP contribution in [-0.2, 0) is 14.2 Å². The van der Waals surface area contributed by atoms with E-state index >= 15 is 0 Å². The highest BCUT2D eigenvalue weighted by Gasteiger charge is 2.39. The summed E-state index contributed by atoms with van der Waals surface area (Å²) in [6, 6.07) is 0. The van der Waals surface area contributed by atoms with Crippen LogP contribution >= 0.6 is 0 Å². The molecule has 2 aliphatic rings. The molecule has 3 nitrogen and oxygen atoms in total. The molecule has 0 N–H and O–H groups in total. The lowest BCUT2D eigenvalue weighted by molar-refractivity contribution is -0.0462. The summed E-state index contributed by atoms with van der Waals surface area (Å²) in [5.74, 6) is 0. The molecule has 19 heavy (non-hydrogen) atoms. The van der Waals surface area contributed by atoms with E-state index in [-0.39, 0.29) is 12.2 Å². The van der Waals surface area contributed by atoms with Crippen LogP contribution in [0.1, 0.15) is 38.5 Å². The minimum Gasteiger partial charge on any atom is -0.370 e. The third kappa shape index (κ3) is 5.47. The van der Waals surface area contributed by atoms with Gasteiger partial charge in [0.2, 0.25) is 0 Å². The fourth-order valence-electron chi connectivity index (χ4n) is 2.37. The highest BCUT2D eigenvalue weighted by molar-refractivity contribution is 4.87. The minimum atomic E-state index is 0.234. The second-order valence-corrected chi connectivity index (χ2v) is 5.40. The topological polar surface area (TPSA) is 34.3 Å². The summed E-state index contributed by atoms with van der Waals surface area (Å²) in [7, 11) is 0. The quantitative estimate of drug-likeness (QED) is 0.309. The number of unbranched alkanes of at least 4 members (excludes halogenated alkanes) is 2. The number of rotatable bonds is 12. The zero-order valence-electron chi connectivity index (χ0n) is 11.8. The number of ether oxygens (including phenoxy) is 3. The SMILES string of the molecule is C=CCCCC(OC(CCCC=C)C1CO1)C1CO1. The van der Waals surface area contributed by atoms with E-state index in [1.807, 2.05) is 12.2 Å². The molecular formula is C16H26O3. The van der Waals surface area contributed by atoms with Gasteiger partial charge in [-0.1, -0.05) is 12.2 Å². The molecule has 4 unspecified atom stereocenters. The standard InChI is InChI=1S/C16H26O3/c1-3-5-7-9-13(15-11-17-15)19-14(16-12-18-16)10-8-6-4-2/h3-4,13-16H,1-2,5-12H2. The highest BCUT2D eigenvalue weighted by atomic mass is 16.6. The third-order valence-electron chi connectivity index (χ3n) is 3.69. The largest absolute Gasteiger partial charge is 0.370 e.